The van der Waals surface area contributed by atoms with Crippen molar-refractivity contribution in [1.82, 2.24) is 10.3 Å². The fourth-order valence-electron chi connectivity index (χ4n) is 2.82. The average Bonchev–Trinajstić information content (AvgIpc) is 3.38. The number of aromatic nitrogens is 1. The predicted molar refractivity (Wildman–Crippen MR) is 80.3 cm³/mol. The highest BCUT2D eigenvalue weighted by molar-refractivity contribution is 5.80. The molecule has 3 rings (SSSR count). The molecule has 1 amide bonds. The summed E-state index contributed by atoms with van der Waals surface area (Å²) in [5.41, 5.74) is -2.27. The van der Waals surface area contributed by atoms with Gasteiger partial charge in [0.15, 0.2) is 0 Å². The van der Waals surface area contributed by atoms with E-state index < -0.39 is 17.4 Å². The van der Waals surface area contributed by atoms with Crippen molar-refractivity contribution in [2.24, 2.45) is 5.92 Å². The van der Waals surface area contributed by atoms with Crippen LogP contribution in [0, 0.1) is 5.92 Å². The van der Waals surface area contributed by atoms with Crippen LogP contribution in [0.25, 0.3) is 0 Å². The van der Waals surface area contributed by atoms with Gasteiger partial charge in [-0.2, -0.15) is 13.2 Å². The fourth-order valence-corrected chi connectivity index (χ4v) is 2.82. The number of alkyl halides is 4. The molecular weight excluding hydrogens is 326 g/mol. The van der Waals surface area contributed by atoms with Gasteiger partial charge in [0.1, 0.15) is 11.5 Å². The number of amides is 1. The summed E-state index contributed by atoms with van der Waals surface area (Å²) >= 11 is 0. The van der Waals surface area contributed by atoms with E-state index in [1.165, 1.54) is 0 Å². The molecule has 0 atom stereocenters. The van der Waals surface area contributed by atoms with Gasteiger partial charge in [0.2, 0.25) is 5.91 Å². The summed E-state index contributed by atoms with van der Waals surface area (Å²) < 4.78 is 53.0. The number of halogens is 4. The molecule has 0 aromatic carbocycles. The van der Waals surface area contributed by atoms with Crippen molar-refractivity contribution >= 4 is 11.7 Å². The van der Waals surface area contributed by atoms with E-state index in [1.807, 2.05) is 0 Å². The van der Waals surface area contributed by atoms with E-state index in [4.69, 9.17) is 0 Å². The molecule has 0 radical (unpaired) electrons. The molecular formula is C16H19F4N3O. The zero-order chi connectivity index (χ0) is 17.4. The Bertz CT molecular complexity index is 608. The summed E-state index contributed by atoms with van der Waals surface area (Å²) in [7, 11) is 0. The summed E-state index contributed by atoms with van der Waals surface area (Å²) in [6.07, 6.45) is -1.29. The van der Waals surface area contributed by atoms with Crippen molar-refractivity contribution in [1.29, 1.82) is 0 Å². The number of rotatable bonds is 4. The van der Waals surface area contributed by atoms with E-state index in [2.05, 4.69) is 10.3 Å². The molecule has 1 N–H and O–H groups in total. The lowest BCUT2D eigenvalue weighted by Gasteiger charge is -2.37. The molecule has 1 aliphatic carbocycles. The first kappa shape index (κ1) is 17.0. The second-order valence-electron chi connectivity index (χ2n) is 6.53. The predicted octanol–water partition coefficient (Wildman–Crippen LogP) is 2.94. The van der Waals surface area contributed by atoms with Crippen LogP contribution in [-0.4, -0.2) is 36.2 Å². The molecule has 8 heteroatoms. The number of hydrogen-bond donors (Lipinski definition) is 1. The lowest BCUT2D eigenvalue weighted by molar-refractivity contribution is -0.137. The molecule has 2 heterocycles. The number of hydrogen-bond acceptors (Lipinski definition) is 3. The minimum absolute atomic E-state index is 0.0306. The highest BCUT2D eigenvalue weighted by Gasteiger charge is 2.38. The van der Waals surface area contributed by atoms with Gasteiger partial charge in [0.05, 0.1) is 12.1 Å². The van der Waals surface area contributed by atoms with Gasteiger partial charge in [-0.05, 0) is 25.0 Å². The zero-order valence-electron chi connectivity index (χ0n) is 13.1. The molecule has 1 saturated heterocycles. The quantitative estimate of drug-likeness (QED) is 0.854. The van der Waals surface area contributed by atoms with Crippen molar-refractivity contribution < 1.29 is 22.4 Å². The molecule has 0 bridgehead atoms. The molecule has 1 aromatic rings. The topological polar surface area (TPSA) is 45.2 Å². The standard InChI is InChI=1S/C16H19F4N3O/c17-15(10-22-14(24)11-1-2-11)4-7-23(8-5-15)13-9-12(3-6-21-13)16(18,19)20/h3,6,9,11H,1-2,4-5,7-8,10H2,(H,22,24). The first-order chi connectivity index (χ1) is 11.3. The van der Waals surface area contributed by atoms with Crippen LogP contribution in [0.5, 0.6) is 0 Å². The summed E-state index contributed by atoms with van der Waals surface area (Å²) in [6, 6.07) is 1.90. The third-order valence-electron chi connectivity index (χ3n) is 4.58. The number of anilines is 1. The normalized spacial score (nSPS) is 20.8. The summed E-state index contributed by atoms with van der Waals surface area (Å²) in [5.74, 6) is 0.130. The SMILES string of the molecule is O=C(NCC1(F)CCN(c2cc(C(F)(F)F)ccn2)CC1)C1CC1. The minimum atomic E-state index is -4.43. The van der Waals surface area contributed by atoms with Crippen molar-refractivity contribution in [3.05, 3.63) is 23.9 Å². The van der Waals surface area contributed by atoms with Crippen LogP contribution in [-0.2, 0) is 11.0 Å². The molecule has 0 spiro atoms. The van der Waals surface area contributed by atoms with Crippen LogP contribution >= 0.6 is 0 Å². The van der Waals surface area contributed by atoms with Gasteiger partial charge in [-0.3, -0.25) is 4.79 Å². The lowest BCUT2D eigenvalue weighted by Crippen LogP contribution is -2.48. The monoisotopic (exact) mass is 345 g/mol. The number of nitrogens with one attached hydrogen (secondary N) is 1. The van der Waals surface area contributed by atoms with Crippen LogP contribution in [0.4, 0.5) is 23.4 Å². The van der Waals surface area contributed by atoms with Crippen molar-refractivity contribution in [2.75, 3.05) is 24.5 Å². The smallest absolute Gasteiger partial charge is 0.356 e. The van der Waals surface area contributed by atoms with Crippen LogP contribution in [0.15, 0.2) is 18.3 Å². The third-order valence-corrected chi connectivity index (χ3v) is 4.58. The molecule has 1 aromatic heterocycles. The van der Waals surface area contributed by atoms with E-state index in [1.54, 1.807) is 4.90 Å². The Morgan fingerprint density at radius 3 is 2.58 bits per heavy atom. The first-order valence-corrected chi connectivity index (χ1v) is 8.02. The van der Waals surface area contributed by atoms with Crippen LogP contribution in [0.1, 0.15) is 31.2 Å². The Morgan fingerprint density at radius 2 is 2.00 bits per heavy atom. The Morgan fingerprint density at radius 1 is 1.33 bits per heavy atom. The maximum Gasteiger partial charge on any atom is 0.416 e. The minimum Gasteiger partial charge on any atom is -0.356 e. The van der Waals surface area contributed by atoms with Crippen LogP contribution in [0.3, 0.4) is 0 Å². The van der Waals surface area contributed by atoms with E-state index in [0.29, 0.717) is 0 Å². The van der Waals surface area contributed by atoms with Gasteiger partial charge in [0.25, 0.3) is 0 Å². The third kappa shape index (κ3) is 3.96. The Kier molecular flexibility index (Phi) is 4.40. The van der Waals surface area contributed by atoms with Gasteiger partial charge in [-0.15, -0.1) is 0 Å². The molecule has 24 heavy (non-hydrogen) atoms. The van der Waals surface area contributed by atoms with Gasteiger partial charge in [-0.25, -0.2) is 9.37 Å². The second kappa shape index (κ2) is 6.22. The van der Waals surface area contributed by atoms with Gasteiger partial charge < -0.3 is 10.2 Å². The van der Waals surface area contributed by atoms with Gasteiger partial charge in [0, 0.05) is 38.0 Å². The largest absolute Gasteiger partial charge is 0.416 e. The molecule has 132 valence electrons. The molecule has 2 fully saturated rings. The Labute approximate surface area is 137 Å². The molecule has 1 saturated carbocycles. The number of carbonyl (C=O) groups is 1. The first-order valence-electron chi connectivity index (χ1n) is 8.02. The number of carbonyl (C=O) groups excluding carboxylic acids is 1. The highest BCUT2D eigenvalue weighted by Crippen LogP contribution is 2.33. The van der Waals surface area contributed by atoms with Gasteiger partial charge in [-0.1, -0.05) is 0 Å². The number of pyridine rings is 1. The summed E-state index contributed by atoms with van der Waals surface area (Å²) in [6.45, 7) is 0.500. The number of piperidine rings is 1. The lowest BCUT2D eigenvalue weighted by atomic mass is 9.93. The molecule has 1 aliphatic heterocycles. The van der Waals surface area contributed by atoms with E-state index in [9.17, 15) is 22.4 Å². The maximum atomic E-state index is 14.7. The van der Waals surface area contributed by atoms with Crippen molar-refractivity contribution in [3.63, 3.8) is 0 Å². The molecule has 4 nitrogen and oxygen atoms in total. The maximum absolute atomic E-state index is 14.7. The Hall–Kier alpha value is -1.86. The molecule has 0 unspecified atom stereocenters. The van der Waals surface area contributed by atoms with Crippen molar-refractivity contribution in [2.45, 2.75) is 37.5 Å². The number of nitrogens with zero attached hydrogens (tertiary/aromatic N) is 2. The fraction of sp³-hybridized carbons (Fsp3) is 0.625. The summed E-state index contributed by atoms with van der Waals surface area (Å²) in [5, 5.41) is 2.64. The van der Waals surface area contributed by atoms with Gasteiger partial charge >= 0.3 is 6.18 Å². The van der Waals surface area contributed by atoms with Crippen LogP contribution < -0.4 is 10.2 Å². The van der Waals surface area contributed by atoms with E-state index in [-0.39, 0.29) is 50.1 Å². The van der Waals surface area contributed by atoms with Crippen LogP contribution in [0.2, 0.25) is 0 Å². The zero-order valence-corrected chi connectivity index (χ0v) is 13.1. The Balaban J connectivity index is 1.57. The van der Waals surface area contributed by atoms with E-state index in [0.717, 1.165) is 31.2 Å². The summed E-state index contributed by atoms with van der Waals surface area (Å²) in [4.78, 5) is 17.2. The van der Waals surface area contributed by atoms with E-state index >= 15 is 0 Å². The average molecular weight is 345 g/mol. The second-order valence-corrected chi connectivity index (χ2v) is 6.53. The highest BCUT2D eigenvalue weighted by atomic mass is 19.4. The van der Waals surface area contributed by atoms with Crippen molar-refractivity contribution in [3.8, 4) is 0 Å². The molecule has 2 aliphatic rings.